The van der Waals surface area contributed by atoms with Crippen LogP contribution in [0, 0.1) is 0 Å². The van der Waals surface area contributed by atoms with Crippen LogP contribution in [0.15, 0.2) is 24.3 Å². The molecule has 2 heteroatoms. The van der Waals surface area contributed by atoms with E-state index < -0.39 is 0 Å². The second-order valence-corrected chi connectivity index (χ2v) is 5.45. The molecule has 1 saturated carbocycles. The highest BCUT2D eigenvalue weighted by Crippen LogP contribution is 2.25. The lowest BCUT2D eigenvalue weighted by Crippen LogP contribution is -2.39. The first-order valence-corrected chi connectivity index (χ1v) is 6.99. The van der Waals surface area contributed by atoms with Gasteiger partial charge >= 0.3 is 0 Å². The molecule has 1 aromatic rings. The molecule has 1 atom stereocenters. The Hall–Kier alpha value is -1.02. The number of anilines is 1. The molecule has 0 spiro atoms. The molecule has 2 nitrogen and oxygen atoms in total. The topological polar surface area (TPSA) is 24.1 Å². The molecule has 0 radical (unpaired) electrons. The molecular weight excluding hydrogens is 208 g/mol. The van der Waals surface area contributed by atoms with Crippen LogP contribution in [-0.4, -0.2) is 18.6 Å². The van der Waals surface area contributed by atoms with Crippen LogP contribution < -0.4 is 10.6 Å². The van der Waals surface area contributed by atoms with E-state index in [-0.39, 0.29) is 0 Å². The Morgan fingerprint density at radius 2 is 1.94 bits per heavy atom. The molecule has 1 aliphatic heterocycles. The Balaban J connectivity index is 1.48. The van der Waals surface area contributed by atoms with Crippen molar-refractivity contribution in [3.8, 4) is 0 Å². The molecule has 1 aliphatic carbocycles. The lowest BCUT2D eigenvalue weighted by atomic mass is 9.95. The zero-order valence-electron chi connectivity index (χ0n) is 10.4. The zero-order chi connectivity index (χ0) is 11.5. The molecule has 2 N–H and O–H groups in total. The van der Waals surface area contributed by atoms with E-state index in [4.69, 9.17) is 0 Å². The quantitative estimate of drug-likeness (QED) is 0.834. The van der Waals surface area contributed by atoms with Crippen LogP contribution in [0.5, 0.6) is 0 Å². The van der Waals surface area contributed by atoms with Gasteiger partial charge in [0.1, 0.15) is 0 Å². The Morgan fingerprint density at radius 1 is 1.12 bits per heavy atom. The van der Waals surface area contributed by atoms with E-state index in [0.717, 1.165) is 12.6 Å². The molecule has 0 aromatic heterocycles. The molecule has 0 amide bonds. The van der Waals surface area contributed by atoms with Gasteiger partial charge in [0.05, 0.1) is 0 Å². The average molecular weight is 230 g/mol. The summed E-state index contributed by atoms with van der Waals surface area (Å²) in [7, 11) is 0. The number of para-hydroxylation sites is 1. The second kappa shape index (κ2) is 5.09. The summed E-state index contributed by atoms with van der Waals surface area (Å²) in [6, 6.07) is 10.0. The van der Waals surface area contributed by atoms with Crippen molar-refractivity contribution in [1.82, 2.24) is 5.32 Å². The van der Waals surface area contributed by atoms with E-state index in [9.17, 15) is 0 Å². The maximum Gasteiger partial charge on any atom is 0.0427 e. The predicted octanol–water partition coefficient (Wildman–Crippen LogP) is 2.95. The lowest BCUT2D eigenvalue weighted by Gasteiger charge is -2.24. The fourth-order valence-corrected chi connectivity index (χ4v) is 3.11. The monoisotopic (exact) mass is 230 g/mol. The fourth-order valence-electron chi connectivity index (χ4n) is 3.11. The van der Waals surface area contributed by atoms with Crippen molar-refractivity contribution in [1.29, 1.82) is 0 Å². The molecule has 0 saturated heterocycles. The SMILES string of the molecule is c1ccc2c(c1)CC(CNC1CCCCC1)N2. The first-order valence-electron chi connectivity index (χ1n) is 6.99. The van der Waals surface area contributed by atoms with E-state index in [2.05, 4.69) is 34.9 Å². The van der Waals surface area contributed by atoms with Gasteiger partial charge in [0.2, 0.25) is 0 Å². The maximum absolute atomic E-state index is 3.74. The van der Waals surface area contributed by atoms with E-state index in [1.54, 1.807) is 0 Å². The standard InChI is InChI=1S/C15H22N2/c1-2-7-13(8-3-1)16-11-14-10-12-6-4-5-9-15(12)17-14/h4-6,9,13-14,16-17H,1-3,7-8,10-11H2. The average Bonchev–Trinajstić information content (AvgIpc) is 2.80. The summed E-state index contributed by atoms with van der Waals surface area (Å²) < 4.78 is 0. The molecule has 1 aromatic carbocycles. The smallest absolute Gasteiger partial charge is 0.0427 e. The van der Waals surface area contributed by atoms with Crippen molar-refractivity contribution in [2.24, 2.45) is 0 Å². The summed E-state index contributed by atoms with van der Waals surface area (Å²) in [6.07, 6.45) is 8.19. The van der Waals surface area contributed by atoms with Crippen molar-refractivity contribution in [3.05, 3.63) is 29.8 Å². The number of benzene rings is 1. The van der Waals surface area contributed by atoms with Gasteiger partial charge in [-0.05, 0) is 30.9 Å². The van der Waals surface area contributed by atoms with Gasteiger partial charge in [-0.3, -0.25) is 0 Å². The molecule has 1 heterocycles. The summed E-state index contributed by atoms with van der Waals surface area (Å²) in [4.78, 5) is 0. The highest BCUT2D eigenvalue weighted by molar-refractivity contribution is 5.56. The van der Waals surface area contributed by atoms with Crippen molar-refractivity contribution in [2.45, 2.75) is 50.6 Å². The highest BCUT2D eigenvalue weighted by atomic mass is 15.0. The summed E-state index contributed by atoms with van der Waals surface area (Å²) in [6.45, 7) is 1.11. The van der Waals surface area contributed by atoms with Crippen LogP contribution in [0.3, 0.4) is 0 Å². The van der Waals surface area contributed by atoms with Gasteiger partial charge in [-0.15, -0.1) is 0 Å². The van der Waals surface area contributed by atoms with Gasteiger partial charge in [-0.1, -0.05) is 37.5 Å². The molecule has 0 bridgehead atoms. The number of fused-ring (bicyclic) bond motifs is 1. The van der Waals surface area contributed by atoms with Gasteiger partial charge in [0, 0.05) is 24.3 Å². The van der Waals surface area contributed by atoms with Crippen molar-refractivity contribution in [2.75, 3.05) is 11.9 Å². The van der Waals surface area contributed by atoms with Gasteiger partial charge in [-0.2, -0.15) is 0 Å². The van der Waals surface area contributed by atoms with Crippen LogP contribution in [-0.2, 0) is 6.42 Å². The largest absolute Gasteiger partial charge is 0.380 e. The van der Waals surface area contributed by atoms with Crippen LogP contribution in [0.1, 0.15) is 37.7 Å². The van der Waals surface area contributed by atoms with Crippen LogP contribution in [0.2, 0.25) is 0 Å². The Labute approximate surface area is 104 Å². The summed E-state index contributed by atoms with van der Waals surface area (Å²) in [5.41, 5.74) is 2.81. The highest BCUT2D eigenvalue weighted by Gasteiger charge is 2.21. The fraction of sp³-hybridized carbons (Fsp3) is 0.600. The molecule has 2 aliphatic rings. The Bertz CT molecular complexity index is 344. The number of nitrogens with one attached hydrogen (secondary N) is 2. The number of hydrogen-bond donors (Lipinski definition) is 2. The zero-order valence-corrected chi connectivity index (χ0v) is 10.4. The van der Waals surface area contributed by atoms with Crippen LogP contribution >= 0.6 is 0 Å². The number of hydrogen-bond acceptors (Lipinski definition) is 2. The van der Waals surface area contributed by atoms with Crippen molar-refractivity contribution >= 4 is 5.69 Å². The van der Waals surface area contributed by atoms with Gasteiger partial charge < -0.3 is 10.6 Å². The van der Waals surface area contributed by atoms with Crippen molar-refractivity contribution < 1.29 is 0 Å². The minimum absolute atomic E-state index is 0.592. The summed E-state index contributed by atoms with van der Waals surface area (Å²) >= 11 is 0. The first kappa shape index (κ1) is 11.1. The van der Waals surface area contributed by atoms with Crippen LogP contribution in [0.25, 0.3) is 0 Å². The molecule has 1 unspecified atom stereocenters. The van der Waals surface area contributed by atoms with Gasteiger partial charge in [0.15, 0.2) is 0 Å². The van der Waals surface area contributed by atoms with Gasteiger partial charge in [0.25, 0.3) is 0 Å². The predicted molar refractivity (Wildman–Crippen MR) is 72.4 cm³/mol. The van der Waals surface area contributed by atoms with Gasteiger partial charge in [-0.25, -0.2) is 0 Å². The lowest BCUT2D eigenvalue weighted by molar-refractivity contribution is 0.368. The molecular formula is C15H22N2. The maximum atomic E-state index is 3.74. The Kier molecular flexibility index (Phi) is 3.32. The first-order chi connectivity index (χ1) is 8.42. The molecule has 17 heavy (non-hydrogen) atoms. The normalized spacial score (nSPS) is 24.4. The third-order valence-electron chi connectivity index (χ3n) is 4.10. The molecule has 92 valence electrons. The van der Waals surface area contributed by atoms with Crippen molar-refractivity contribution in [3.63, 3.8) is 0 Å². The van der Waals surface area contributed by atoms with E-state index in [1.165, 1.54) is 49.8 Å². The van der Waals surface area contributed by atoms with E-state index in [1.807, 2.05) is 0 Å². The van der Waals surface area contributed by atoms with E-state index in [0.29, 0.717) is 6.04 Å². The third-order valence-corrected chi connectivity index (χ3v) is 4.10. The van der Waals surface area contributed by atoms with Crippen LogP contribution in [0.4, 0.5) is 5.69 Å². The Morgan fingerprint density at radius 3 is 2.76 bits per heavy atom. The second-order valence-electron chi connectivity index (χ2n) is 5.45. The third kappa shape index (κ3) is 2.63. The summed E-state index contributed by atoms with van der Waals surface area (Å²) in [5, 5.41) is 7.35. The number of rotatable bonds is 3. The van der Waals surface area contributed by atoms with E-state index >= 15 is 0 Å². The molecule has 1 fully saturated rings. The minimum atomic E-state index is 0.592. The molecule has 3 rings (SSSR count). The minimum Gasteiger partial charge on any atom is -0.380 e. The summed E-state index contributed by atoms with van der Waals surface area (Å²) in [5.74, 6) is 0.